The molecule has 0 aliphatic carbocycles. The zero-order valence-electron chi connectivity index (χ0n) is 13.8. The van der Waals surface area contributed by atoms with Gasteiger partial charge in [-0.25, -0.2) is 4.63 Å². The molecule has 5 rings (SSSR count). The molecule has 0 saturated carbocycles. The van der Waals surface area contributed by atoms with Crippen molar-refractivity contribution in [3.05, 3.63) is 45.1 Å². The number of rotatable bonds is 4. The van der Waals surface area contributed by atoms with Crippen LogP contribution in [0.25, 0.3) is 11.0 Å². The minimum absolute atomic E-state index is 0.649. The van der Waals surface area contributed by atoms with Crippen LogP contribution in [-0.4, -0.2) is 45.8 Å². The van der Waals surface area contributed by atoms with Crippen LogP contribution in [0.4, 0.5) is 0 Å². The standard InChI is InChI=1S/C18H19ClN4OS/c19-17-5-4-14(25-17)10-23-7-6-12-8-22(11-16(12)23)9-13-2-1-3-15-18(13)21-24-20-15/h1-5,12,16H,6-11H2/t12-,16+/m0/s1. The highest BCUT2D eigenvalue weighted by Gasteiger charge is 2.41. The number of hydrogen-bond donors (Lipinski definition) is 0. The molecule has 0 N–H and O–H groups in total. The van der Waals surface area contributed by atoms with Crippen LogP contribution in [0.2, 0.25) is 4.34 Å². The van der Waals surface area contributed by atoms with Crippen molar-refractivity contribution in [1.29, 1.82) is 0 Å². The van der Waals surface area contributed by atoms with Crippen LogP contribution in [0.15, 0.2) is 35.0 Å². The van der Waals surface area contributed by atoms with Gasteiger partial charge in [-0.3, -0.25) is 9.80 Å². The Kier molecular flexibility index (Phi) is 4.01. The molecular weight excluding hydrogens is 356 g/mol. The van der Waals surface area contributed by atoms with E-state index in [9.17, 15) is 0 Å². The first-order valence-corrected chi connectivity index (χ1v) is 9.86. The SMILES string of the molecule is Clc1ccc(CN2CC[C@H]3CN(Cc4cccc5nonc45)C[C@H]32)s1. The summed E-state index contributed by atoms with van der Waals surface area (Å²) in [6.07, 6.45) is 1.29. The monoisotopic (exact) mass is 374 g/mol. The van der Waals surface area contributed by atoms with E-state index >= 15 is 0 Å². The molecule has 0 radical (unpaired) electrons. The van der Waals surface area contributed by atoms with Gasteiger partial charge < -0.3 is 0 Å². The fourth-order valence-electron chi connectivity index (χ4n) is 4.33. The molecule has 3 aromatic rings. The Labute approximate surface area is 155 Å². The Morgan fingerprint density at radius 1 is 1.16 bits per heavy atom. The van der Waals surface area contributed by atoms with Gasteiger partial charge >= 0.3 is 0 Å². The molecule has 0 unspecified atom stereocenters. The Bertz CT molecular complexity index is 894. The van der Waals surface area contributed by atoms with Crippen molar-refractivity contribution in [2.24, 2.45) is 5.92 Å². The highest BCUT2D eigenvalue weighted by atomic mass is 35.5. The van der Waals surface area contributed by atoms with Gasteiger partial charge in [-0.1, -0.05) is 23.7 Å². The summed E-state index contributed by atoms with van der Waals surface area (Å²) in [6, 6.07) is 10.9. The number of nitrogens with zero attached hydrogens (tertiary/aromatic N) is 4. The fourth-order valence-corrected chi connectivity index (χ4v) is 5.44. The summed E-state index contributed by atoms with van der Waals surface area (Å²) in [5, 5.41) is 8.02. The van der Waals surface area contributed by atoms with Crippen LogP contribution >= 0.6 is 22.9 Å². The maximum atomic E-state index is 6.08. The van der Waals surface area contributed by atoms with Gasteiger partial charge in [0, 0.05) is 37.1 Å². The van der Waals surface area contributed by atoms with E-state index in [1.807, 2.05) is 18.2 Å². The van der Waals surface area contributed by atoms with E-state index in [1.54, 1.807) is 11.3 Å². The average Bonchev–Trinajstić information content (AvgIpc) is 3.34. The van der Waals surface area contributed by atoms with E-state index < -0.39 is 0 Å². The van der Waals surface area contributed by atoms with Gasteiger partial charge in [-0.05, 0) is 53.0 Å². The lowest BCUT2D eigenvalue weighted by Crippen LogP contribution is -2.34. The van der Waals surface area contributed by atoms with Gasteiger partial charge in [0.05, 0.1) is 4.34 Å². The third-order valence-corrected chi connectivity index (χ3v) is 6.71. The molecule has 130 valence electrons. The number of halogens is 1. The Hall–Kier alpha value is -1.47. The predicted molar refractivity (Wildman–Crippen MR) is 98.7 cm³/mol. The molecule has 25 heavy (non-hydrogen) atoms. The van der Waals surface area contributed by atoms with Gasteiger partial charge in [0.25, 0.3) is 0 Å². The van der Waals surface area contributed by atoms with Crippen LogP contribution in [0.3, 0.4) is 0 Å². The quantitative estimate of drug-likeness (QED) is 0.697. The molecule has 7 heteroatoms. The second-order valence-corrected chi connectivity index (χ2v) is 8.84. The second-order valence-electron chi connectivity index (χ2n) is 7.04. The van der Waals surface area contributed by atoms with Crippen molar-refractivity contribution in [3.63, 3.8) is 0 Å². The van der Waals surface area contributed by atoms with Crippen LogP contribution in [0, 0.1) is 5.92 Å². The number of hydrogen-bond acceptors (Lipinski definition) is 6. The zero-order valence-corrected chi connectivity index (χ0v) is 15.3. The third-order valence-electron chi connectivity index (χ3n) is 5.49. The molecule has 1 aromatic carbocycles. The summed E-state index contributed by atoms with van der Waals surface area (Å²) in [6.45, 7) is 5.41. The summed E-state index contributed by atoms with van der Waals surface area (Å²) < 4.78 is 5.78. The third kappa shape index (κ3) is 2.97. The molecule has 5 nitrogen and oxygen atoms in total. The van der Waals surface area contributed by atoms with Gasteiger partial charge in [0.2, 0.25) is 0 Å². The molecule has 2 aromatic heterocycles. The van der Waals surface area contributed by atoms with Crippen molar-refractivity contribution in [1.82, 2.24) is 20.1 Å². The Morgan fingerprint density at radius 3 is 3.00 bits per heavy atom. The number of fused-ring (bicyclic) bond motifs is 2. The molecule has 0 amide bonds. The minimum atomic E-state index is 0.649. The summed E-state index contributed by atoms with van der Waals surface area (Å²) in [5.74, 6) is 0.769. The summed E-state index contributed by atoms with van der Waals surface area (Å²) in [4.78, 5) is 6.54. The fraction of sp³-hybridized carbons (Fsp3) is 0.444. The molecule has 2 aliphatic rings. The highest BCUT2D eigenvalue weighted by Crippen LogP contribution is 2.35. The van der Waals surface area contributed by atoms with Crippen LogP contribution < -0.4 is 0 Å². The second kappa shape index (κ2) is 6.36. The van der Waals surface area contributed by atoms with Gasteiger partial charge in [-0.2, -0.15) is 0 Å². The molecule has 0 spiro atoms. The number of likely N-dealkylation sites (tertiary alicyclic amines) is 2. The van der Waals surface area contributed by atoms with E-state index in [2.05, 4.69) is 32.2 Å². The largest absolute Gasteiger partial charge is 0.297 e. The first-order chi connectivity index (χ1) is 12.3. The van der Waals surface area contributed by atoms with Crippen molar-refractivity contribution in [3.8, 4) is 0 Å². The lowest BCUT2D eigenvalue weighted by molar-refractivity contribution is 0.217. The molecule has 2 aliphatic heterocycles. The maximum Gasteiger partial charge on any atom is 0.139 e. The molecule has 2 fully saturated rings. The Balaban J connectivity index is 1.28. The Morgan fingerprint density at radius 2 is 2.12 bits per heavy atom. The van der Waals surface area contributed by atoms with Gasteiger partial charge in [0.15, 0.2) is 0 Å². The van der Waals surface area contributed by atoms with Crippen LogP contribution in [0.5, 0.6) is 0 Å². The van der Waals surface area contributed by atoms with Crippen molar-refractivity contribution in [2.75, 3.05) is 19.6 Å². The van der Waals surface area contributed by atoms with E-state index in [0.717, 1.165) is 47.5 Å². The molecule has 4 heterocycles. The number of aromatic nitrogens is 2. The van der Waals surface area contributed by atoms with E-state index in [-0.39, 0.29) is 0 Å². The lowest BCUT2D eigenvalue weighted by atomic mass is 10.1. The molecule has 0 bridgehead atoms. The first kappa shape index (κ1) is 15.8. The summed E-state index contributed by atoms with van der Waals surface area (Å²) >= 11 is 7.78. The summed E-state index contributed by atoms with van der Waals surface area (Å²) in [5.41, 5.74) is 2.94. The number of benzene rings is 1. The lowest BCUT2D eigenvalue weighted by Gasteiger charge is -2.24. The normalized spacial score (nSPS) is 24.4. The molecule has 2 saturated heterocycles. The van der Waals surface area contributed by atoms with Crippen molar-refractivity contribution < 1.29 is 4.63 Å². The zero-order chi connectivity index (χ0) is 16.8. The van der Waals surface area contributed by atoms with E-state index in [4.69, 9.17) is 16.2 Å². The topological polar surface area (TPSA) is 45.4 Å². The van der Waals surface area contributed by atoms with Gasteiger partial charge in [0.1, 0.15) is 11.0 Å². The van der Waals surface area contributed by atoms with Crippen molar-refractivity contribution >= 4 is 34.0 Å². The maximum absolute atomic E-state index is 6.08. The number of thiophene rings is 1. The average molecular weight is 375 g/mol. The highest BCUT2D eigenvalue weighted by molar-refractivity contribution is 7.16. The van der Waals surface area contributed by atoms with Crippen molar-refractivity contribution in [2.45, 2.75) is 25.6 Å². The van der Waals surface area contributed by atoms with Crippen LogP contribution in [0.1, 0.15) is 16.9 Å². The molecule has 2 atom stereocenters. The first-order valence-electron chi connectivity index (χ1n) is 8.67. The van der Waals surface area contributed by atoms with E-state index in [1.165, 1.54) is 23.4 Å². The van der Waals surface area contributed by atoms with Gasteiger partial charge in [-0.15, -0.1) is 11.3 Å². The molecular formula is C18H19ClN4OS. The minimum Gasteiger partial charge on any atom is -0.297 e. The summed E-state index contributed by atoms with van der Waals surface area (Å²) in [7, 11) is 0. The van der Waals surface area contributed by atoms with E-state index in [0.29, 0.717) is 6.04 Å². The smallest absolute Gasteiger partial charge is 0.139 e. The van der Waals surface area contributed by atoms with Crippen LogP contribution in [-0.2, 0) is 13.1 Å². The predicted octanol–water partition coefficient (Wildman–Crippen LogP) is 3.64.